The fourth-order valence-corrected chi connectivity index (χ4v) is 3.53. The maximum Gasteiger partial charge on any atom is 0.292 e. The Bertz CT molecular complexity index is 1090. The molecule has 7 heteroatoms. The molecule has 1 aliphatic heterocycles. The highest BCUT2D eigenvalue weighted by Crippen LogP contribution is 2.27. The molecule has 2 N–H and O–H groups in total. The standard InChI is InChI=1S/C19H20N6O/c1-23-6-8-24(9-7-23)18-11-21-17-5-3-14(12-25(17)18)13-2-4-15-16(10-13)26-19(20)22-15/h2-5,10-12H,6-9H2,1H3,(H2,20,22). The van der Waals surface area contributed by atoms with Crippen LogP contribution in [0.2, 0.25) is 0 Å². The van der Waals surface area contributed by atoms with Gasteiger partial charge in [-0.3, -0.25) is 4.40 Å². The summed E-state index contributed by atoms with van der Waals surface area (Å²) in [5.41, 5.74) is 10.2. The van der Waals surface area contributed by atoms with E-state index < -0.39 is 0 Å². The Morgan fingerprint density at radius 1 is 1.04 bits per heavy atom. The van der Waals surface area contributed by atoms with Gasteiger partial charge in [0.05, 0.1) is 6.20 Å². The monoisotopic (exact) mass is 348 g/mol. The van der Waals surface area contributed by atoms with Gasteiger partial charge in [0.1, 0.15) is 17.0 Å². The number of nitrogens with zero attached hydrogens (tertiary/aromatic N) is 5. The first kappa shape index (κ1) is 15.2. The number of anilines is 2. The Hall–Kier alpha value is -3.06. The van der Waals surface area contributed by atoms with E-state index in [9.17, 15) is 0 Å². The molecule has 0 saturated carbocycles. The van der Waals surface area contributed by atoms with E-state index in [1.165, 1.54) is 0 Å². The van der Waals surface area contributed by atoms with Crippen LogP contribution in [0.5, 0.6) is 0 Å². The van der Waals surface area contributed by atoms with E-state index in [4.69, 9.17) is 10.2 Å². The third-order valence-corrected chi connectivity index (χ3v) is 5.05. The molecule has 0 amide bonds. The summed E-state index contributed by atoms with van der Waals surface area (Å²) >= 11 is 0. The molecule has 3 aromatic heterocycles. The lowest BCUT2D eigenvalue weighted by atomic mass is 10.1. The SMILES string of the molecule is CN1CCN(c2cnc3ccc(-c4ccc5nc(N)oc5c4)cn23)CC1. The molecule has 0 radical (unpaired) electrons. The number of nitrogens with two attached hydrogens (primary N) is 1. The summed E-state index contributed by atoms with van der Waals surface area (Å²) in [7, 11) is 2.16. The molecule has 4 aromatic rings. The van der Waals surface area contributed by atoms with Gasteiger partial charge in [-0.05, 0) is 42.4 Å². The van der Waals surface area contributed by atoms with Gasteiger partial charge in [-0.2, -0.15) is 4.98 Å². The number of hydrogen-bond acceptors (Lipinski definition) is 6. The van der Waals surface area contributed by atoms with Crippen molar-refractivity contribution in [2.75, 3.05) is 43.9 Å². The topological polar surface area (TPSA) is 75.8 Å². The van der Waals surface area contributed by atoms with Gasteiger partial charge in [-0.25, -0.2) is 4.98 Å². The third-order valence-electron chi connectivity index (χ3n) is 5.05. The lowest BCUT2D eigenvalue weighted by molar-refractivity contribution is 0.312. The average molecular weight is 348 g/mol. The van der Waals surface area contributed by atoms with Crippen molar-refractivity contribution in [3.63, 3.8) is 0 Å². The minimum atomic E-state index is 0.194. The molecule has 1 aromatic carbocycles. The molecule has 0 atom stereocenters. The van der Waals surface area contributed by atoms with Crippen molar-refractivity contribution in [3.8, 4) is 11.1 Å². The molecule has 26 heavy (non-hydrogen) atoms. The number of hydrogen-bond donors (Lipinski definition) is 1. The normalized spacial score (nSPS) is 16.0. The molecular formula is C19H20N6O. The van der Waals surface area contributed by atoms with Crippen LogP contribution in [0, 0.1) is 0 Å². The predicted octanol–water partition coefficient (Wildman–Crippen LogP) is 2.48. The fourth-order valence-electron chi connectivity index (χ4n) is 3.53. The summed E-state index contributed by atoms with van der Waals surface area (Å²) in [5.74, 6) is 1.14. The van der Waals surface area contributed by atoms with Crippen LogP contribution in [-0.4, -0.2) is 52.5 Å². The number of likely N-dealkylation sites (N-methyl/N-ethyl adjacent to an activating group) is 1. The number of benzene rings is 1. The summed E-state index contributed by atoms with van der Waals surface area (Å²) in [4.78, 5) is 13.5. The highest BCUT2D eigenvalue weighted by molar-refractivity contribution is 5.81. The third kappa shape index (κ3) is 2.48. The van der Waals surface area contributed by atoms with Crippen LogP contribution < -0.4 is 10.6 Å². The highest BCUT2D eigenvalue weighted by Gasteiger charge is 2.18. The molecule has 1 saturated heterocycles. The molecule has 0 spiro atoms. The number of fused-ring (bicyclic) bond motifs is 2. The molecule has 0 bridgehead atoms. The van der Waals surface area contributed by atoms with Gasteiger partial charge in [0.25, 0.3) is 6.01 Å². The number of imidazole rings is 1. The molecule has 0 aliphatic carbocycles. The van der Waals surface area contributed by atoms with E-state index in [0.717, 1.165) is 54.3 Å². The van der Waals surface area contributed by atoms with Crippen LogP contribution >= 0.6 is 0 Å². The lowest BCUT2D eigenvalue weighted by Gasteiger charge is -2.33. The van der Waals surface area contributed by atoms with Gasteiger partial charge in [-0.1, -0.05) is 6.07 Å². The Morgan fingerprint density at radius 3 is 2.69 bits per heavy atom. The first-order chi connectivity index (χ1) is 12.7. The van der Waals surface area contributed by atoms with E-state index in [1.54, 1.807) is 0 Å². The van der Waals surface area contributed by atoms with E-state index >= 15 is 0 Å². The van der Waals surface area contributed by atoms with Crippen LogP contribution in [0.1, 0.15) is 0 Å². The number of piperazine rings is 1. The molecule has 1 aliphatic rings. The Kier molecular flexibility index (Phi) is 3.36. The van der Waals surface area contributed by atoms with Crippen molar-refractivity contribution in [3.05, 3.63) is 42.7 Å². The molecule has 132 valence electrons. The Labute approximate surface area is 150 Å². The van der Waals surface area contributed by atoms with Gasteiger partial charge >= 0.3 is 0 Å². The van der Waals surface area contributed by atoms with Crippen molar-refractivity contribution in [2.45, 2.75) is 0 Å². The summed E-state index contributed by atoms with van der Waals surface area (Å²) in [6, 6.07) is 10.3. The van der Waals surface area contributed by atoms with Gasteiger partial charge in [0, 0.05) is 32.4 Å². The molecule has 5 rings (SSSR count). The largest absolute Gasteiger partial charge is 0.424 e. The first-order valence-electron chi connectivity index (χ1n) is 8.74. The average Bonchev–Trinajstić information content (AvgIpc) is 3.23. The second-order valence-electron chi connectivity index (χ2n) is 6.79. The van der Waals surface area contributed by atoms with Crippen molar-refractivity contribution in [1.29, 1.82) is 0 Å². The van der Waals surface area contributed by atoms with E-state index in [1.807, 2.05) is 30.5 Å². The Balaban J connectivity index is 1.56. The first-order valence-corrected chi connectivity index (χ1v) is 8.74. The lowest BCUT2D eigenvalue weighted by Crippen LogP contribution is -2.44. The number of nitrogen functional groups attached to an aromatic ring is 1. The number of pyridine rings is 1. The molecule has 1 fully saturated rings. The summed E-state index contributed by atoms with van der Waals surface area (Å²) < 4.78 is 7.63. The number of rotatable bonds is 2. The second-order valence-corrected chi connectivity index (χ2v) is 6.79. The van der Waals surface area contributed by atoms with E-state index in [-0.39, 0.29) is 6.01 Å². The minimum Gasteiger partial charge on any atom is -0.424 e. The van der Waals surface area contributed by atoms with Crippen molar-refractivity contribution >= 4 is 28.6 Å². The predicted molar refractivity (Wildman–Crippen MR) is 102 cm³/mol. The number of oxazole rings is 1. The van der Waals surface area contributed by atoms with Crippen molar-refractivity contribution in [1.82, 2.24) is 19.3 Å². The van der Waals surface area contributed by atoms with E-state index in [0.29, 0.717) is 5.58 Å². The Morgan fingerprint density at radius 2 is 1.85 bits per heavy atom. The van der Waals surface area contributed by atoms with Crippen LogP contribution in [0.4, 0.5) is 11.8 Å². The van der Waals surface area contributed by atoms with Crippen molar-refractivity contribution in [2.24, 2.45) is 0 Å². The van der Waals surface area contributed by atoms with Gasteiger partial charge in [0.15, 0.2) is 5.58 Å². The van der Waals surface area contributed by atoms with Crippen LogP contribution in [0.15, 0.2) is 47.1 Å². The van der Waals surface area contributed by atoms with Crippen molar-refractivity contribution < 1.29 is 4.42 Å². The highest BCUT2D eigenvalue weighted by atomic mass is 16.4. The van der Waals surface area contributed by atoms with Gasteiger partial charge < -0.3 is 20.0 Å². The molecule has 4 heterocycles. The van der Waals surface area contributed by atoms with E-state index in [2.05, 4.69) is 43.5 Å². The summed E-state index contributed by atoms with van der Waals surface area (Å²) in [5, 5.41) is 0. The summed E-state index contributed by atoms with van der Waals surface area (Å²) in [6.07, 6.45) is 4.10. The quantitative estimate of drug-likeness (QED) is 0.600. The smallest absolute Gasteiger partial charge is 0.292 e. The molecular weight excluding hydrogens is 328 g/mol. The summed E-state index contributed by atoms with van der Waals surface area (Å²) in [6.45, 7) is 4.16. The van der Waals surface area contributed by atoms with Crippen LogP contribution in [-0.2, 0) is 0 Å². The second kappa shape index (κ2) is 5.74. The molecule has 0 unspecified atom stereocenters. The maximum absolute atomic E-state index is 5.65. The zero-order chi connectivity index (χ0) is 17.7. The number of aromatic nitrogens is 3. The van der Waals surface area contributed by atoms with Gasteiger partial charge in [0.2, 0.25) is 0 Å². The van der Waals surface area contributed by atoms with Gasteiger partial charge in [-0.15, -0.1) is 0 Å². The molecule has 7 nitrogen and oxygen atoms in total. The van der Waals surface area contributed by atoms with Crippen LogP contribution in [0.3, 0.4) is 0 Å². The zero-order valence-corrected chi connectivity index (χ0v) is 14.6. The fraction of sp³-hybridized carbons (Fsp3) is 0.263. The van der Waals surface area contributed by atoms with Crippen LogP contribution in [0.25, 0.3) is 27.9 Å². The maximum atomic E-state index is 5.65. The minimum absolute atomic E-state index is 0.194. The zero-order valence-electron chi connectivity index (χ0n) is 14.6.